The Hall–Kier alpha value is -3.80. The third-order valence-electron chi connectivity index (χ3n) is 5.22. The minimum absolute atomic E-state index is 0.219. The number of amides is 1. The van der Waals surface area contributed by atoms with E-state index in [-0.39, 0.29) is 5.82 Å². The van der Waals surface area contributed by atoms with Crippen LogP contribution in [0.4, 0.5) is 24.7 Å². The fourth-order valence-electron chi connectivity index (χ4n) is 3.49. The number of carboxylic acid groups (broad SMARTS) is 1. The van der Waals surface area contributed by atoms with E-state index >= 15 is 0 Å². The highest BCUT2D eigenvalue weighted by molar-refractivity contribution is 6.02. The summed E-state index contributed by atoms with van der Waals surface area (Å²) in [6, 6.07) is 7.33. The Labute approximate surface area is 206 Å². The summed E-state index contributed by atoms with van der Waals surface area (Å²) in [6.07, 6.45) is -1.78. The number of ether oxygens (including phenoxy) is 2. The average molecular weight is 508 g/mol. The Morgan fingerprint density at radius 1 is 1.06 bits per heavy atom. The van der Waals surface area contributed by atoms with Gasteiger partial charge in [-0.25, -0.2) is 4.98 Å². The molecule has 2 aromatic rings. The zero-order valence-electron chi connectivity index (χ0n) is 19.8. The summed E-state index contributed by atoms with van der Waals surface area (Å²) in [5.74, 6) is 0.113. The molecule has 0 bridgehead atoms. The summed E-state index contributed by atoms with van der Waals surface area (Å²) >= 11 is 0. The molecule has 1 aromatic carbocycles. The summed E-state index contributed by atoms with van der Waals surface area (Å²) in [5, 5.41) is 10.1. The molecule has 4 rings (SSSR count). The predicted octanol–water partition coefficient (Wildman–Crippen LogP) is 3.37. The molecular formula is C24H27F3N4O5. The molecule has 2 aliphatic heterocycles. The van der Waals surface area contributed by atoms with Crippen LogP contribution in [-0.4, -0.2) is 73.3 Å². The fraction of sp³-hybridized carbons (Fsp3) is 0.375. The molecule has 1 fully saturated rings. The number of carbonyl (C=O) groups excluding carboxylic acids is 1. The number of carboxylic acids is 1. The summed E-state index contributed by atoms with van der Waals surface area (Å²) in [4.78, 5) is 29.2. The number of alkyl halides is 3. The van der Waals surface area contributed by atoms with E-state index in [9.17, 15) is 18.0 Å². The Morgan fingerprint density at radius 3 is 2.33 bits per heavy atom. The maximum atomic E-state index is 13.2. The van der Waals surface area contributed by atoms with E-state index in [4.69, 9.17) is 19.4 Å². The summed E-state index contributed by atoms with van der Waals surface area (Å²) in [5.41, 5.74) is 0.0120. The predicted molar refractivity (Wildman–Crippen MR) is 127 cm³/mol. The molecule has 0 unspecified atom stereocenters. The van der Waals surface area contributed by atoms with Gasteiger partial charge in [-0.05, 0) is 37.4 Å². The zero-order chi connectivity index (χ0) is 26.3. The van der Waals surface area contributed by atoms with Crippen molar-refractivity contribution in [1.29, 1.82) is 0 Å². The average Bonchev–Trinajstić information content (AvgIpc) is 2.82. The molecule has 3 heterocycles. The normalized spacial score (nSPS) is 15.8. The van der Waals surface area contributed by atoms with Gasteiger partial charge in [0.15, 0.2) is 11.5 Å². The van der Waals surface area contributed by atoms with Gasteiger partial charge in [-0.3, -0.25) is 9.59 Å². The van der Waals surface area contributed by atoms with Gasteiger partial charge >= 0.3 is 6.18 Å². The van der Waals surface area contributed by atoms with Crippen molar-refractivity contribution in [2.45, 2.75) is 13.1 Å². The molecule has 9 nitrogen and oxygen atoms in total. The summed E-state index contributed by atoms with van der Waals surface area (Å²) in [6.45, 7) is 4.51. The number of hydrogen-bond donors (Lipinski definition) is 2. The molecule has 1 saturated heterocycles. The SMILES string of the molecule is CC(=O)O.CN1CCN(c2nc(C(F)(F)F)ccc2/C=C/C(=O)Nc2ccc3c(c2)OCCO3)CC1. The number of anilines is 2. The standard InChI is InChI=1S/C22H23F3N4O3.C2H4O2/c1-28-8-10-29(11-9-28)21-15(2-6-19(27-21)22(23,24)25)3-7-20(30)26-16-4-5-17-18(14-16)32-13-12-31-17;1-2(3)4/h2-7,14H,8-13H2,1H3,(H,26,30);1H3,(H,3,4)/b7-3+;. The van der Waals surface area contributed by atoms with Crippen molar-refractivity contribution in [3.05, 3.63) is 47.7 Å². The smallest absolute Gasteiger partial charge is 0.433 e. The highest BCUT2D eigenvalue weighted by Crippen LogP contribution is 2.33. The highest BCUT2D eigenvalue weighted by Gasteiger charge is 2.33. The highest BCUT2D eigenvalue weighted by atomic mass is 19.4. The molecule has 36 heavy (non-hydrogen) atoms. The molecule has 194 valence electrons. The molecule has 0 atom stereocenters. The molecule has 0 radical (unpaired) electrons. The van der Waals surface area contributed by atoms with Crippen LogP contribution in [-0.2, 0) is 15.8 Å². The second-order valence-corrected chi connectivity index (χ2v) is 8.10. The van der Waals surface area contributed by atoms with Crippen LogP contribution < -0.4 is 19.7 Å². The lowest BCUT2D eigenvalue weighted by atomic mass is 10.1. The van der Waals surface area contributed by atoms with Crippen molar-refractivity contribution in [1.82, 2.24) is 9.88 Å². The molecule has 0 saturated carbocycles. The number of benzene rings is 1. The maximum Gasteiger partial charge on any atom is 0.433 e. The molecule has 2 aliphatic rings. The van der Waals surface area contributed by atoms with Crippen LogP contribution in [0, 0.1) is 0 Å². The number of carbonyl (C=O) groups is 2. The number of halogens is 3. The van der Waals surface area contributed by atoms with Gasteiger partial charge in [0, 0.05) is 56.5 Å². The number of fused-ring (bicyclic) bond motifs is 1. The van der Waals surface area contributed by atoms with Crippen molar-refractivity contribution in [2.24, 2.45) is 0 Å². The largest absolute Gasteiger partial charge is 0.486 e. The number of rotatable bonds is 4. The van der Waals surface area contributed by atoms with E-state index in [0.717, 1.165) is 13.0 Å². The van der Waals surface area contributed by atoms with Crippen LogP contribution in [0.3, 0.4) is 0 Å². The number of nitrogens with zero attached hydrogens (tertiary/aromatic N) is 3. The van der Waals surface area contributed by atoms with Crippen molar-refractivity contribution in [2.75, 3.05) is 56.7 Å². The van der Waals surface area contributed by atoms with E-state index in [2.05, 4.69) is 15.2 Å². The van der Waals surface area contributed by atoms with Crippen molar-refractivity contribution in [3.8, 4) is 11.5 Å². The van der Waals surface area contributed by atoms with Crippen LogP contribution in [0.1, 0.15) is 18.2 Å². The van der Waals surface area contributed by atoms with Crippen molar-refractivity contribution >= 4 is 29.5 Å². The van der Waals surface area contributed by atoms with Crippen molar-refractivity contribution < 1.29 is 37.3 Å². The number of likely N-dealkylation sites (N-methyl/N-ethyl adjacent to an activating group) is 1. The van der Waals surface area contributed by atoms with Crippen LogP contribution >= 0.6 is 0 Å². The van der Waals surface area contributed by atoms with E-state index in [1.54, 1.807) is 18.2 Å². The first-order valence-corrected chi connectivity index (χ1v) is 11.1. The first-order valence-electron chi connectivity index (χ1n) is 11.1. The Morgan fingerprint density at radius 2 is 1.69 bits per heavy atom. The molecule has 0 spiro atoms. The monoisotopic (exact) mass is 508 g/mol. The van der Waals surface area contributed by atoms with E-state index in [1.807, 2.05) is 11.9 Å². The topological polar surface area (TPSA) is 104 Å². The number of hydrogen-bond acceptors (Lipinski definition) is 7. The molecule has 0 aliphatic carbocycles. The lowest BCUT2D eigenvalue weighted by Crippen LogP contribution is -2.45. The van der Waals surface area contributed by atoms with Gasteiger partial charge in [0.05, 0.1) is 0 Å². The van der Waals surface area contributed by atoms with E-state index in [1.165, 1.54) is 18.2 Å². The number of nitrogens with one attached hydrogen (secondary N) is 1. The minimum atomic E-state index is -4.54. The Kier molecular flexibility index (Phi) is 8.75. The number of aliphatic carboxylic acids is 1. The summed E-state index contributed by atoms with van der Waals surface area (Å²) in [7, 11) is 1.96. The number of aromatic nitrogens is 1. The number of piperazine rings is 1. The Bertz CT molecular complexity index is 1110. The minimum Gasteiger partial charge on any atom is -0.486 e. The van der Waals surface area contributed by atoms with Gasteiger partial charge in [-0.2, -0.15) is 13.2 Å². The maximum absolute atomic E-state index is 13.2. The molecule has 1 aromatic heterocycles. The van der Waals surface area contributed by atoms with E-state index < -0.39 is 23.7 Å². The molecule has 12 heteroatoms. The molecule has 2 N–H and O–H groups in total. The fourth-order valence-corrected chi connectivity index (χ4v) is 3.49. The lowest BCUT2D eigenvalue weighted by molar-refractivity contribution is -0.141. The first-order chi connectivity index (χ1) is 17.0. The third-order valence-corrected chi connectivity index (χ3v) is 5.22. The quantitative estimate of drug-likeness (QED) is 0.606. The van der Waals surface area contributed by atoms with Crippen LogP contribution in [0.15, 0.2) is 36.4 Å². The first kappa shape index (κ1) is 26.8. The Balaban J connectivity index is 0.000000840. The van der Waals surface area contributed by atoms with Crippen LogP contribution in [0.25, 0.3) is 6.08 Å². The second-order valence-electron chi connectivity index (χ2n) is 8.10. The van der Waals surface area contributed by atoms with E-state index in [0.29, 0.717) is 62.1 Å². The van der Waals surface area contributed by atoms with Gasteiger partial charge < -0.3 is 29.7 Å². The van der Waals surface area contributed by atoms with Crippen LogP contribution in [0.2, 0.25) is 0 Å². The van der Waals surface area contributed by atoms with Gasteiger partial charge in [-0.15, -0.1) is 0 Å². The van der Waals surface area contributed by atoms with Crippen LogP contribution in [0.5, 0.6) is 11.5 Å². The van der Waals surface area contributed by atoms with Gasteiger partial charge in [-0.1, -0.05) is 0 Å². The van der Waals surface area contributed by atoms with Gasteiger partial charge in [0.1, 0.15) is 24.7 Å². The van der Waals surface area contributed by atoms with Crippen molar-refractivity contribution in [3.63, 3.8) is 0 Å². The number of pyridine rings is 1. The summed E-state index contributed by atoms with van der Waals surface area (Å²) < 4.78 is 50.6. The molecule has 1 amide bonds. The second kappa shape index (κ2) is 11.8. The zero-order valence-corrected chi connectivity index (χ0v) is 19.8. The van der Waals surface area contributed by atoms with Gasteiger partial charge in [0.2, 0.25) is 5.91 Å². The lowest BCUT2D eigenvalue weighted by Gasteiger charge is -2.34. The molecular weight excluding hydrogens is 481 g/mol. The van der Waals surface area contributed by atoms with Gasteiger partial charge in [0.25, 0.3) is 5.97 Å². The third kappa shape index (κ3) is 7.60.